The Balaban J connectivity index is 2.01. The van der Waals surface area contributed by atoms with E-state index in [-0.39, 0.29) is 39.3 Å². The van der Waals surface area contributed by atoms with Gasteiger partial charge in [0.15, 0.2) is 0 Å². The van der Waals surface area contributed by atoms with Crippen molar-refractivity contribution in [1.82, 2.24) is 27.4 Å². The van der Waals surface area contributed by atoms with Crippen LogP contribution in [0.3, 0.4) is 0 Å². The molecule has 3 rings (SSSR count). The Morgan fingerprint density at radius 2 is 0.784 bits per heavy atom. The predicted molar refractivity (Wildman–Crippen MR) is 139 cm³/mol. The number of hydrogen-bond donors (Lipinski definition) is 0. The zero-order valence-electron chi connectivity index (χ0n) is 20.5. The summed E-state index contributed by atoms with van der Waals surface area (Å²) in [5.41, 5.74) is -3.29. The van der Waals surface area contributed by atoms with E-state index in [1.165, 1.54) is 18.2 Å². The van der Waals surface area contributed by atoms with Crippen LogP contribution in [0.5, 0.6) is 0 Å². The van der Waals surface area contributed by atoms with Crippen molar-refractivity contribution >= 4 is 0 Å². The van der Waals surface area contributed by atoms with Crippen molar-refractivity contribution in [2.75, 3.05) is 0 Å². The molecule has 12 heteroatoms. The van der Waals surface area contributed by atoms with Crippen LogP contribution >= 0.6 is 0 Å². The SMILES string of the molecule is C=CCn1c(=O)n(CC)c(=O)n(Cc2ccc(Cn3c(=O)n(CC=C)c(=O)n(CC=C)c3=O)cc2)c1=O. The zero-order valence-corrected chi connectivity index (χ0v) is 20.5. The smallest absolute Gasteiger partial charge is 0.247 e. The van der Waals surface area contributed by atoms with Gasteiger partial charge in [-0.15, -0.1) is 19.7 Å². The molecule has 0 unspecified atom stereocenters. The van der Waals surface area contributed by atoms with E-state index in [0.717, 1.165) is 27.4 Å². The summed E-state index contributed by atoms with van der Waals surface area (Å²) in [6.07, 6.45) is 4.17. The van der Waals surface area contributed by atoms with E-state index in [9.17, 15) is 28.8 Å². The first-order chi connectivity index (χ1) is 17.7. The molecule has 0 aliphatic rings. The average molecular weight is 509 g/mol. The third kappa shape index (κ3) is 5.13. The highest BCUT2D eigenvalue weighted by molar-refractivity contribution is 5.23. The summed E-state index contributed by atoms with van der Waals surface area (Å²) >= 11 is 0. The lowest BCUT2D eigenvalue weighted by atomic mass is 10.1. The third-order valence-corrected chi connectivity index (χ3v) is 5.73. The molecule has 12 nitrogen and oxygen atoms in total. The molecule has 0 aliphatic carbocycles. The summed E-state index contributed by atoms with van der Waals surface area (Å²) in [6, 6.07) is 6.58. The number of benzene rings is 1. The first-order valence-electron chi connectivity index (χ1n) is 11.5. The molecule has 2 aromatic heterocycles. The average Bonchev–Trinajstić information content (AvgIpc) is 2.88. The predicted octanol–water partition coefficient (Wildman–Crippen LogP) is -0.669. The second-order valence-corrected chi connectivity index (χ2v) is 8.13. The van der Waals surface area contributed by atoms with Gasteiger partial charge in [-0.3, -0.25) is 0 Å². The summed E-state index contributed by atoms with van der Waals surface area (Å²) in [5.74, 6) is 0. The minimum absolute atomic E-state index is 0.0387. The van der Waals surface area contributed by atoms with Gasteiger partial charge in [-0.05, 0) is 18.1 Å². The summed E-state index contributed by atoms with van der Waals surface area (Å²) in [7, 11) is 0. The monoisotopic (exact) mass is 508 g/mol. The minimum atomic E-state index is -0.768. The molecule has 0 spiro atoms. The third-order valence-electron chi connectivity index (χ3n) is 5.73. The van der Waals surface area contributed by atoms with Crippen molar-refractivity contribution in [3.8, 4) is 0 Å². The van der Waals surface area contributed by atoms with Crippen molar-refractivity contribution in [3.63, 3.8) is 0 Å². The normalized spacial score (nSPS) is 10.8. The van der Waals surface area contributed by atoms with E-state index < -0.39 is 34.1 Å². The van der Waals surface area contributed by atoms with E-state index >= 15 is 0 Å². The standard InChI is InChI=1S/C25H28N6O6/c1-5-13-27-20(32)26(8-4)21(33)30(23(27)35)16-18-9-11-19(12-10-18)17-31-24(36)28(14-6-2)22(34)29(15-7-3)25(31)37/h5-7,9-12H,1-3,8,13-17H2,4H3. The maximum atomic E-state index is 12.8. The molecule has 0 fully saturated rings. The molecule has 37 heavy (non-hydrogen) atoms. The van der Waals surface area contributed by atoms with Gasteiger partial charge >= 0.3 is 34.1 Å². The topological polar surface area (TPSA) is 132 Å². The van der Waals surface area contributed by atoms with Crippen LogP contribution in [0.2, 0.25) is 0 Å². The lowest BCUT2D eigenvalue weighted by Crippen LogP contribution is -2.54. The van der Waals surface area contributed by atoms with Crippen LogP contribution in [0.25, 0.3) is 0 Å². The van der Waals surface area contributed by atoms with Crippen LogP contribution in [0.1, 0.15) is 18.1 Å². The van der Waals surface area contributed by atoms with Gasteiger partial charge in [0.2, 0.25) is 0 Å². The molecule has 0 saturated carbocycles. The van der Waals surface area contributed by atoms with Gasteiger partial charge in [0, 0.05) is 6.54 Å². The van der Waals surface area contributed by atoms with Crippen LogP contribution in [0.15, 0.2) is 91.0 Å². The van der Waals surface area contributed by atoms with E-state index in [0.29, 0.717) is 11.1 Å². The van der Waals surface area contributed by atoms with Crippen molar-refractivity contribution in [1.29, 1.82) is 0 Å². The van der Waals surface area contributed by atoms with Gasteiger partial charge in [-0.2, -0.15) is 0 Å². The zero-order chi connectivity index (χ0) is 27.3. The molecule has 1 aromatic carbocycles. The Bertz CT molecular complexity index is 1660. The van der Waals surface area contributed by atoms with Gasteiger partial charge in [0.05, 0.1) is 32.7 Å². The summed E-state index contributed by atoms with van der Waals surface area (Å²) < 4.78 is 5.64. The molecule has 0 N–H and O–H groups in total. The second-order valence-electron chi connectivity index (χ2n) is 8.13. The number of hydrogen-bond acceptors (Lipinski definition) is 6. The van der Waals surface area contributed by atoms with Gasteiger partial charge in [-0.25, -0.2) is 56.2 Å². The van der Waals surface area contributed by atoms with Crippen LogP contribution in [0, 0.1) is 0 Å². The highest BCUT2D eigenvalue weighted by Gasteiger charge is 2.16. The maximum absolute atomic E-state index is 12.8. The Kier molecular flexibility index (Phi) is 8.23. The molecule has 0 atom stereocenters. The van der Waals surface area contributed by atoms with Crippen molar-refractivity contribution < 1.29 is 0 Å². The van der Waals surface area contributed by atoms with Crippen molar-refractivity contribution in [2.45, 2.75) is 46.2 Å². The van der Waals surface area contributed by atoms with Crippen LogP contribution in [-0.4, -0.2) is 27.4 Å². The first kappa shape index (κ1) is 26.9. The Morgan fingerprint density at radius 1 is 0.514 bits per heavy atom. The largest absolute Gasteiger partial charge is 0.336 e. The van der Waals surface area contributed by atoms with Gasteiger partial charge in [0.1, 0.15) is 0 Å². The fourth-order valence-electron chi connectivity index (χ4n) is 3.88. The molecular weight excluding hydrogens is 480 g/mol. The molecule has 3 aromatic rings. The fraction of sp³-hybridized carbons (Fsp3) is 0.280. The van der Waals surface area contributed by atoms with E-state index in [1.54, 1.807) is 31.2 Å². The number of allylic oxidation sites excluding steroid dienone is 3. The number of nitrogens with zero attached hydrogens (tertiary/aromatic N) is 6. The summed E-state index contributed by atoms with van der Waals surface area (Å²) in [5, 5.41) is 0. The van der Waals surface area contributed by atoms with Crippen LogP contribution in [0.4, 0.5) is 0 Å². The number of rotatable bonds is 11. The van der Waals surface area contributed by atoms with Gasteiger partial charge in [-0.1, -0.05) is 42.5 Å². The highest BCUT2D eigenvalue weighted by Crippen LogP contribution is 2.06. The van der Waals surface area contributed by atoms with Gasteiger partial charge < -0.3 is 0 Å². The maximum Gasteiger partial charge on any atom is 0.336 e. The number of aromatic nitrogens is 6. The quantitative estimate of drug-likeness (QED) is 0.316. The Hall–Kier alpha value is -4.74. The van der Waals surface area contributed by atoms with E-state index in [4.69, 9.17) is 0 Å². The highest BCUT2D eigenvalue weighted by atomic mass is 16.2. The second kappa shape index (κ2) is 11.3. The first-order valence-corrected chi connectivity index (χ1v) is 11.5. The minimum Gasteiger partial charge on any atom is -0.247 e. The van der Waals surface area contributed by atoms with Gasteiger partial charge in [0.25, 0.3) is 0 Å². The molecule has 2 heterocycles. The molecular formula is C25H28N6O6. The molecule has 0 saturated heterocycles. The lowest BCUT2D eigenvalue weighted by Gasteiger charge is -2.13. The molecule has 0 radical (unpaired) electrons. The summed E-state index contributed by atoms with van der Waals surface area (Å²) in [4.78, 5) is 76.2. The molecule has 0 amide bonds. The molecule has 0 aliphatic heterocycles. The van der Waals surface area contributed by atoms with E-state index in [2.05, 4.69) is 19.7 Å². The Labute approximate surface area is 210 Å². The van der Waals surface area contributed by atoms with E-state index in [1.807, 2.05) is 0 Å². The van der Waals surface area contributed by atoms with Crippen molar-refractivity contribution in [2.24, 2.45) is 0 Å². The lowest BCUT2D eigenvalue weighted by molar-refractivity contribution is 0.487. The van der Waals surface area contributed by atoms with Crippen LogP contribution < -0.4 is 34.1 Å². The molecule has 0 bridgehead atoms. The Morgan fingerprint density at radius 3 is 1.08 bits per heavy atom. The van der Waals surface area contributed by atoms with Crippen molar-refractivity contribution in [3.05, 3.63) is 136 Å². The fourth-order valence-corrected chi connectivity index (χ4v) is 3.88. The summed E-state index contributed by atoms with van der Waals surface area (Å²) in [6.45, 7) is 12.0. The molecule has 194 valence electrons. The van der Waals surface area contributed by atoms with Crippen LogP contribution in [-0.2, 0) is 39.3 Å².